The summed E-state index contributed by atoms with van der Waals surface area (Å²) in [6.45, 7) is 4.00. The first kappa shape index (κ1) is 36.9. The van der Waals surface area contributed by atoms with E-state index in [4.69, 9.17) is 0 Å². The van der Waals surface area contributed by atoms with E-state index in [0.717, 1.165) is 31.4 Å². The van der Waals surface area contributed by atoms with E-state index in [1.165, 1.54) is 83.5 Å². The average molecular weight is 748 g/mol. The first-order valence-electron chi connectivity index (χ1n) is 21.0. The van der Waals surface area contributed by atoms with Crippen molar-refractivity contribution in [1.29, 1.82) is 0 Å². The minimum atomic E-state index is -0.312. The minimum absolute atomic E-state index is 0.312. The molecule has 1 nitrogen and oxygen atoms in total. The zero-order valence-electron chi connectivity index (χ0n) is 33.5. The molecule has 1 spiro atoms. The van der Waals surface area contributed by atoms with Crippen molar-refractivity contribution in [3.63, 3.8) is 0 Å². The number of anilines is 1. The molecule has 0 bridgehead atoms. The number of fused-ring (bicyclic) bond motifs is 9. The van der Waals surface area contributed by atoms with E-state index >= 15 is 0 Å². The zero-order chi connectivity index (χ0) is 39.3. The molecule has 4 aliphatic rings. The number of hydrogen-bond donors (Lipinski definition) is 1. The third-order valence-corrected chi connectivity index (χ3v) is 12.0. The third-order valence-electron chi connectivity index (χ3n) is 12.0. The summed E-state index contributed by atoms with van der Waals surface area (Å²) in [5, 5.41) is 3.69. The van der Waals surface area contributed by atoms with Crippen LogP contribution in [0.25, 0.3) is 39.0 Å². The van der Waals surface area contributed by atoms with Gasteiger partial charge in [0.1, 0.15) is 0 Å². The largest absolute Gasteiger partial charge is 0.361 e. The maximum atomic E-state index is 3.69. The summed E-state index contributed by atoms with van der Waals surface area (Å²) in [5.74, 6) is 0. The van der Waals surface area contributed by atoms with Crippen molar-refractivity contribution in [3.8, 4) is 22.3 Å². The molecule has 0 saturated carbocycles. The summed E-state index contributed by atoms with van der Waals surface area (Å²) >= 11 is 0. The lowest BCUT2D eigenvalue weighted by atomic mass is 9.69. The molecule has 10 rings (SSSR count). The molecule has 1 unspecified atom stereocenters. The number of rotatable bonds is 8. The van der Waals surface area contributed by atoms with Crippen LogP contribution in [-0.2, 0) is 5.41 Å². The Morgan fingerprint density at radius 2 is 1.24 bits per heavy atom. The molecular formula is C57H49N. The van der Waals surface area contributed by atoms with Crippen LogP contribution in [-0.4, -0.2) is 0 Å². The van der Waals surface area contributed by atoms with Crippen molar-refractivity contribution in [1.82, 2.24) is 0 Å². The number of allylic oxidation sites excluding steroid dienone is 13. The van der Waals surface area contributed by atoms with Gasteiger partial charge in [-0.25, -0.2) is 0 Å². The normalized spacial score (nSPS) is 17.7. The van der Waals surface area contributed by atoms with Gasteiger partial charge in [0.15, 0.2) is 0 Å². The highest BCUT2D eigenvalue weighted by atomic mass is 14.8. The Kier molecular flexibility index (Phi) is 10.4. The molecule has 0 aromatic heterocycles. The van der Waals surface area contributed by atoms with E-state index in [2.05, 4.69) is 212 Å². The molecule has 0 heterocycles. The summed E-state index contributed by atoms with van der Waals surface area (Å²) in [4.78, 5) is 0. The van der Waals surface area contributed by atoms with Crippen molar-refractivity contribution in [2.24, 2.45) is 0 Å². The van der Waals surface area contributed by atoms with Crippen molar-refractivity contribution in [2.75, 3.05) is 5.32 Å². The van der Waals surface area contributed by atoms with Crippen molar-refractivity contribution < 1.29 is 0 Å². The van der Waals surface area contributed by atoms with Crippen LogP contribution in [0.2, 0.25) is 0 Å². The number of hydrogen-bond acceptors (Lipinski definition) is 1. The number of para-hydroxylation sites is 1. The van der Waals surface area contributed by atoms with Crippen molar-refractivity contribution in [2.45, 2.75) is 44.9 Å². The predicted octanol–water partition coefficient (Wildman–Crippen LogP) is 15.2. The van der Waals surface area contributed by atoms with Gasteiger partial charge in [0.05, 0.1) is 5.41 Å². The Balaban J connectivity index is 0.00000215. The van der Waals surface area contributed by atoms with Gasteiger partial charge in [0, 0.05) is 17.5 Å². The van der Waals surface area contributed by atoms with E-state index in [1.54, 1.807) is 0 Å². The van der Waals surface area contributed by atoms with Crippen LogP contribution in [0.1, 0.15) is 72.9 Å². The van der Waals surface area contributed by atoms with Gasteiger partial charge >= 0.3 is 0 Å². The van der Waals surface area contributed by atoms with E-state index in [1.807, 2.05) is 13.8 Å². The Labute approximate surface area is 344 Å². The Bertz CT molecular complexity index is 2700. The van der Waals surface area contributed by atoms with E-state index in [9.17, 15) is 0 Å². The lowest BCUT2D eigenvalue weighted by molar-refractivity contribution is 0.780. The van der Waals surface area contributed by atoms with Gasteiger partial charge in [-0.2, -0.15) is 0 Å². The second-order valence-corrected chi connectivity index (χ2v) is 15.1. The van der Waals surface area contributed by atoms with Crippen LogP contribution >= 0.6 is 0 Å². The van der Waals surface area contributed by atoms with Crippen molar-refractivity contribution in [3.05, 3.63) is 251 Å². The monoisotopic (exact) mass is 747 g/mol. The van der Waals surface area contributed by atoms with Crippen LogP contribution in [0.5, 0.6) is 0 Å². The number of nitrogens with one attached hydrogen (secondary N) is 1. The molecular weight excluding hydrogens is 699 g/mol. The highest BCUT2D eigenvalue weighted by Gasteiger charge is 2.52. The lowest BCUT2D eigenvalue weighted by Gasteiger charge is -2.32. The Morgan fingerprint density at radius 3 is 2.02 bits per heavy atom. The Morgan fingerprint density at radius 1 is 0.586 bits per heavy atom. The predicted molar refractivity (Wildman–Crippen MR) is 248 cm³/mol. The molecule has 0 amide bonds. The van der Waals surface area contributed by atoms with Gasteiger partial charge in [0.25, 0.3) is 0 Å². The fourth-order valence-electron chi connectivity index (χ4n) is 9.54. The molecule has 6 aromatic rings. The van der Waals surface area contributed by atoms with E-state index in [0.29, 0.717) is 0 Å². The molecule has 1 heteroatoms. The van der Waals surface area contributed by atoms with E-state index < -0.39 is 0 Å². The maximum absolute atomic E-state index is 3.69. The maximum Gasteiger partial charge on any atom is 0.0722 e. The molecule has 0 radical (unpaired) electrons. The first-order chi connectivity index (χ1) is 28.8. The summed E-state index contributed by atoms with van der Waals surface area (Å²) in [7, 11) is 0. The molecule has 6 aromatic carbocycles. The first-order valence-corrected chi connectivity index (χ1v) is 21.0. The summed E-state index contributed by atoms with van der Waals surface area (Å²) in [6, 6.07) is 55.3. The SMILES string of the molecule is C1=CC2=C(CC1)c1ccccc1C21c2ccccc2-c2c(-c3ccccc3N/C=C/C=C(\C=C/C3=CC=C(c4ccccc4)CC3)c3ccccc3)cccc21.CC. The van der Waals surface area contributed by atoms with Gasteiger partial charge in [-0.3, -0.25) is 0 Å². The molecule has 0 aliphatic heterocycles. The van der Waals surface area contributed by atoms with Crippen LogP contribution in [0.3, 0.4) is 0 Å². The van der Waals surface area contributed by atoms with Gasteiger partial charge in [-0.05, 0) is 116 Å². The number of benzene rings is 6. The van der Waals surface area contributed by atoms with Crippen molar-refractivity contribution >= 4 is 22.4 Å². The molecule has 58 heavy (non-hydrogen) atoms. The third kappa shape index (κ3) is 6.47. The van der Waals surface area contributed by atoms with E-state index in [-0.39, 0.29) is 5.41 Å². The van der Waals surface area contributed by atoms with Crippen LogP contribution in [0.4, 0.5) is 5.69 Å². The lowest BCUT2D eigenvalue weighted by Crippen LogP contribution is -2.27. The average Bonchev–Trinajstić information content (AvgIpc) is 3.78. The zero-order valence-corrected chi connectivity index (χ0v) is 33.5. The minimum Gasteiger partial charge on any atom is -0.361 e. The van der Waals surface area contributed by atoms with Gasteiger partial charge < -0.3 is 5.32 Å². The summed E-state index contributed by atoms with van der Waals surface area (Å²) < 4.78 is 0. The standard InChI is InChI=1S/C55H43N.C2H6/c1-3-17-40(18-4-1)42(35-32-39-33-36-43(37-34-39)41-19-5-2-6-20-41)21-16-38-56-53-31-14-10-24-46(53)47-26-15-30-52-54(47)48-25-9-13-29-51(48)55(52)49-27-11-7-22-44(49)45-23-8-12-28-50(45)55;1-2/h1-7,9-22,24-33,35-36,38,56H,8,23,34,37H2;1-2H3/b35-32-,38-16+,42-21+;. The summed E-state index contributed by atoms with van der Waals surface area (Å²) in [6.07, 6.45) is 24.5. The van der Waals surface area contributed by atoms with Crippen LogP contribution in [0.15, 0.2) is 218 Å². The summed E-state index contributed by atoms with van der Waals surface area (Å²) in [5.41, 5.74) is 20.8. The van der Waals surface area contributed by atoms with Crippen LogP contribution in [0, 0.1) is 0 Å². The smallest absolute Gasteiger partial charge is 0.0722 e. The van der Waals surface area contributed by atoms with Gasteiger partial charge in [-0.1, -0.05) is 202 Å². The Hall–Kier alpha value is -6.70. The molecule has 0 saturated heterocycles. The molecule has 0 fully saturated rings. The van der Waals surface area contributed by atoms with Gasteiger partial charge in [-0.15, -0.1) is 0 Å². The molecule has 282 valence electrons. The van der Waals surface area contributed by atoms with Gasteiger partial charge in [0.2, 0.25) is 0 Å². The molecule has 1 atom stereocenters. The topological polar surface area (TPSA) is 12.0 Å². The fourth-order valence-corrected chi connectivity index (χ4v) is 9.54. The highest BCUT2D eigenvalue weighted by molar-refractivity contribution is 6.01. The second-order valence-electron chi connectivity index (χ2n) is 15.1. The second kappa shape index (κ2) is 16.4. The van der Waals surface area contributed by atoms with Crippen LogP contribution < -0.4 is 5.32 Å². The highest BCUT2D eigenvalue weighted by Crippen LogP contribution is 2.64. The molecule has 1 N–H and O–H groups in total. The fraction of sp³-hybridized carbons (Fsp3) is 0.123. The quantitative estimate of drug-likeness (QED) is 0.153. The molecule has 4 aliphatic carbocycles.